The van der Waals surface area contributed by atoms with E-state index in [4.69, 9.17) is 0 Å². The average molecular weight is 497 g/mol. The van der Waals surface area contributed by atoms with E-state index < -0.39 is 21.7 Å². The summed E-state index contributed by atoms with van der Waals surface area (Å²) >= 11 is 0. The minimum Gasteiger partial charge on any atom is -0.300 e. The monoisotopic (exact) mass is 496 g/mol. The molecule has 0 bridgehead atoms. The Morgan fingerprint density at radius 2 is 1.79 bits per heavy atom. The summed E-state index contributed by atoms with van der Waals surface area (Å²) in [5, 5.41) is 4.65. The van der Waals surface area contributed by atoms with Crippen LogP contribution in [0.2, 0.25) is 0 Å². The number of hydrogen-bond donors (Lipinski definition) is 0. The molecule has 2 saturated heterocycles. The van der Waals surface area contributed by atoms with Gasteiger partial charge >= 0.3 is 6.18 Å². The highest BCUT2D eigenvalue weighted by atomic mass is 32.2. The Labute approximate surface area is 198 Å². The van der Waals surface area contributed by atoms with Gasteiger partial charge in [0.2, 0.25) is 0 Å². The molecule has 1 aliphatic carbocycles. The molecule has 10 heteroatoms. The number of rotatable bonds is 4. The predicted molar refractivity (Wildman–Crippen MR) is 123 cm³/mol. The second-order valence-corrected chi connectivity index (χ2v) is 12.7. The Morgan fingerprint density at radius 1 is 1.09 bits per heavy atom. The number of nitrogens with zero attached hydrogens (tertiary/aromatic N) is 4. The zero-order valence-corrected chi connectivity index (χ0v) is 20.4. The first-order chi connectivity index (χ1) is 15.9. The van der Waals surface area contributed by atoms with Crippen LogP contribution < -0.4 is 0 Å². The molecule has 0 amide bonds. The largest absolute Gasteiger partial charge is 0.433 e. The van der Waals surface area contributed by atoms with Crippen molar-refractivity contribution in [2.24, 2.45) is 5.41 Å². The van der Waals surface area contributed by atoms with Crippen LogP contribution in [0.4, 0.5) is 13.2 Å². The van der Waals surface area contributed by atoms with Crippen LogP contribution >= 0.6 is 0 Å². The zero-order valence-electron chi connectivity index (χ0n) is 19.6. The van der Waals surface area contributed by atoms with E-state index in [1.54, 1.807) is 6.07 Å². The van der Waals surface area contributed by atoms with Gasteiger partial charge in [0.25, 0.3) is 0 Å². The third-order valence-electron chi connectivity index (χ3n) is 7.81. The quantitative estimate of drug-likeness (QED) is 0.614. The summed E-state index contributed by atoms with van der Waals surface area (Å²) in [6.45, 7) is 5.94. The second kappa shape index (κ2) is 8.33. The molecule has 2 aromatic rings. The zero-order chi connectivity index (χ0) is 24.3. The highest BCUT2D eigenvalue weighted by Gasteiger charge is 2.50. The molecule has 2 aliphatic heterocycles. The molecule has 5 rings (SSSR count). The van der Waals surface area contributed by atoms with Crippen molar-refractivity contribution in [1.29, 1.82) is 0 Å². The Kier molecular flexibility index (Phi) is 5.82. The van der Waals surface area contributed by atoms with Gasteiger partial charge in [-0.25, -0.2) is 13.4 Å². The van der Waals surface area contributed by atoms with Gasteiger partial charge in [0.15, 0.2) is 9.84 Å². The van der Waals surface area contributed by atoms with E-state index in [-0.39, 0.29) is 17.2 Å². The molecule has 186 valence electrons. The summed E-state index contributed by atoms with van der Waals surface area (Å²) in [5.74, 6) is 0.988. The van der Waals surface area contributed by atoms with Crippen molar-refractivity contribution in [2.45, 2.75) is 70.1 Å². The molecular formula is C24H31F3N4O2S. The van der Waals surface area contributed by atoms with Gasteiger partial charge in [0.1, 0.15) is 11.4 Å². The number of pyridine rings is 1. The normalized spacial score (nSPS) is 26.8. The Hall–Kier alpha value is -1.94. The smallest absolute Gasteiger partial charge is 0.300 e. The molecule has 1 saturated carbocycles. The SMILES string of the molecule is CC(C)n1nc(-c2cccc(C(F)(F)F)n2)cc1[C@H]1CCC(N2CCC3(CC2)CS(=O)(=O)C3)C1. The van der Waals surface area contributed by atoms with E-state index in [9.17, 15) is 21.6 Å². The van der Waals surface area contributed by atoms with Gasteiger partial charge in [-0.05, 0) is 77.2 Å². The van der Waals surface area contributed by atoms with Gasteiger partial charge in [0, 0.05) is 29.1 Å². The van der Waals surface area contributed by atoms with Crippen LogP contribution in [0, 0.1) is 5.41 Å². The first-order valence-corrected chi connectivity index (χ1v) is 13.9. The highest BCUT2D eigenvalue weighted by Crippen LogP contribution is 2.45. The molecule has 2 aromatic heterocycles. The number of halogens is 3. The molecule has 2 atom stereocenters. The number of piperidine rings is 1. The minimum absolute atomic E-state index is 0.0104. The van der Waals surface area contributed by atoms with Gasteiger partial charge in [-0.3, -0.25) is 4.68 Å². The van der Waals surface area contributed by atoms with Crippen molar-refractivity contribution in [3.63, 3.8) is 0 Å². The van der Waals surface area contributed by atoms with E-state index in [1.807, 2.05) is 24.6 Å². The van der Waals surface area contributed by atoms with Crippen LogP contribution in [0.25, 0.3) is 11.4 Å². The lowest BCUT2D eigenvalue weighted by atomic mass is 9.80. The number of hydrogen-bond acceptors (Lipinski definition) is 5. The second-order valence-electron chi connectivity index (χ2n) is 10.6. The van der Waals surface area contributed by atoms with Crippen LogP contribution in [0.5, 0.6) is 0 Å². The van der Waals surface area contributed by atoms with E-state index >= 15 is 0 Å². The summed E-state index contributed by atoms with van der Waals surface area (Å²) in [6, 6.07) is 6.39. The number of aromatic nitrogens is 3. The molecule has 1 spiro atoms. The first-order valence-electron chi connectivity index (χ1n) is 12.0. The molecule has 4 heterocycles. The third kappa shape index (κ3) is 4.51. The number of sulfone groups is 1. The molecule has 0 N–H and O–H groups in total. The maximum atomic E-state index is 13.2. The van der Waals surface area contributed by atoms with Gasteiger partial charge in [-0.1, -0.05) is 6.07 Å². The molecule has 0 aromatic carbocycles. The maximum absolute atomic E-state index is 13.2. The van der Waals surface area contributed by atoms with Gasteiger partial charge < -0.3 is 4.90 Å². The molecule has 0 radical (unpaired) electrons. The molecule has 3 aliphatic rings. The highest BCUT2D eigenvalue weighted by molar-refractivity contribution is 7.92. The Morgan fingerprint density at radius 3 is 2.41 bits per heavy atom. The predicted octanol–water partition coefficient (Wildman–Crippen LogP) is 4.69. The third-order valence-corrected chi connectivity index (χ3v) is 9.91. The lowest BCUT2D eigenvalue weighted by molar-refractivity contribution is -0.141. The maximum Gasteiger partial charge on any atom is 0.433 e. The van der Waals surface area contributed by atoms with Crippen molar-refractivity contribution in [3.05, 3.63) is 35.7 Å². The standard InChI is InChI=1S/C24H31F3N4O2S/c1-16(2)31-21(13-20(29-31)19-4-3-5-22(28-19)24(25,26)27)17-6-7-18(12-17)30-10-8-23(9-11-30)14-34(32,33)15-23/h3-5,13,16-18H,6-12,14-15H2,1-2H3/t17-,18?/m0/s1. The number of likely N-dealkylation sites (tertiary alicyclic amines) is 1. The molecular weight excluding hydrogens is 465 g/mol. The van der Waals surface area contributed by atoms with Crippen molar-refractivity contribution in [2.75, 3.05) is 24.6 Å². The minimum atomic E-state index is -4.49. The first kappa shape index (κ1) is 23.8. The topological polar surface area (TPSA) is 68.1 Å². The fraction of sp³-hybridized carbons (Fsp3) is 0.667. The van der Waals surface area contributed by atoms with Crippen molar-refractivity contribution in [1.82, 2.24) is 19.7 Å². The van der Waals surface area contributed by atoms with Crippen molar-refractivity contribution in [3.8, 4) is 11.4 Å². The van der Waals surface area contributed by atoms with E-state index in [0.717, 1.165) is 57.0 Å². The Bertz CT molecular complexity index is 1150. The van der Waals surface area contributed by atoms with E-state index in [0.29, 0.717) is 29.2 Å². The summed E-state index contributed by atoms with van der Waals surface area (Å²) in [7, 11) is -2.81. The van der Waals surface area contributed by atoms with E-state index in [2.05, 4.69) is 15.0 Å². The lowest BCUT2D eigenvalue weighted by Crippen LogP contribution is -2.55. The summed E-state index contributed by atoms with van der Waals surface area (Å²) in [4.78, 5) is 6.34. The van der Waals surface area contributed by atoms with Crippen LogP contribution in [0.15, 0.2) is 24.3 Å². The summed E-state index contributed by atoms with van der Waals surface area (Å²) in [6.07, 6.45) is 0.463. The molecule has 1 unspecified atom stereocenters. The van der Waals surface area contributed by atoms with Crippen LogP contribution in [0.3, 0.4) is 0 Å². The Balaban J connectivity index is 1.31. The van der Waals surface area contributed by atoms with E-state index in [1.165, 1.54) is 6.07 Å². The average Bonchev–Trinajstić information content (AvgIpc) is 3.40. The fourth-order valence-corrected chi connectivity index (χ4v) is 8.45. The van der Waals surface area contributed by atoms with Crippen LogP contribution in [-0.2, 0) is 16.0 Å². The van der Waals surface area contributed by atoms with Crippen LogP contribution in [-0.4, -0.2) is 58.7 Å². The van der Waals surface area contributed by atoms with Crippen LogP contribution in [0.1, 0.15) is 69.3 Å². The van der Waals surface area contributed by atoms with Crippen molar-refractivity contribution < 1.29 is 21.6 Å². The molecule has 6 nitrogen and oxygen atoms in total. The van der Waals surface area contributed by atoms with Gasteiger partial charge in [0.05, 0.1) is 17.2 Å². The summed E-state index contributed by atoms with van der Waals surface area (Å²) in [5.41, 5.74) is 0.876. The number of alkyl halides is 3. The molecule has 34 heavy (non-hydrogen) atoms. The summed E-state index contributed by atoms with van der Waals surface area (Å²) < 4.78 is 64.7. The van der Waals surface area contributed by atoms with Crippen molar-refractivity contribution >= 4 is 9.84 Å². The molecule has 3 fully saturated rings. The van der Waals surface area contributed by atoms with Gasteiger partial charge in [-0.15, -0.1) is 0 Å². The fourth-order valence-electron chi connectivity index (χ4n) is 6.09. The van der Waals surface area contributed by atoms with Gasteiger partial charge in [-0.2, -0.15) is 18.3 Å². The lowest BCUT2D eigenvalue weighted by Gasteiger charge is -2.48.